The fraction of sp³-hybridized carbons (Fsp3) is 0.650. The molecule has 7 nitrogen and oxygen atoms in total. The standard InChI is InChI=1S/C20H33N5O2.HI/c1-6-21-19(23-14-18(26)27-20(3,4)5)24-16-9-11-25(12-10-16)17-8-7-15(2)13-22-17;/h7-8,13,16H,6,9-12,14H2,1-5H3,(H2,21,23,24);1H. The van der Waals surface area contributed by atoms with Gasteiger partial charge in [-0.2, -0.15) is 0 Å². The maximum atomic E-state index is 11.9. The third-order valence-corrected chi connectivity index (χ3v) is 4.19. The summed E-state index contributed by atoms with van der Waals surface area (Å²) < 4.78 is 5.31. The highest BCUT2D eigenvalue weighted by molar-refractivity contribution is 14.0. The highest BCUT2D eigenvalue weighted by Crippen LogP contribution is 2.18. The first-order valence-corrected chi connectivity index (χ1v) is 9.71. The molecular formula is C20H34IN5O2. The van der Waals surface area contributed by atoms with Gasteiger partial charge in [-0.25, -0.2) is 9.98 Å². The van der Waals surface area contributed by atoms with Crippen LogP contribution < -0.4 is 15.5 Å². The second kappa shape index (κ2) is 11.4. The van der Waals surface area contributed by atoms with Crippen molar-refractivity contribution in [3.8, 4) is 0 Å². The van der Waals surface area contributed by atoms with E-state index < -0.39 is 5.60 Å². The third-order valence-electron chi connectivity index (χ3n) is 4.19. The molecule has 1 fully saturated rings. The minimum atomic E-state index is -0.491. The maximum Gasteiger partial charge on any atom is 0.328 e. The average Bonchev–Trinajstić information content (AvgIpc) is 2.60. The van der Waals surface area contributed by atoms with E-state index in [1.54, 1.807) is 0 Å². The van der Waals surface area contributed by atoms with Crippen molar-refractivity contribution in [3.05, 3.63) is 23.9 Å². The summed E-state index contributed by atoms with van der Waals surface area (Å²) in [7, 11) is 0. The number of halogens is 1. The van der Waals surface area contributed by atoms with E-state index in [1.165, 1.54) is 5.56 Å². The van der Waals surface area contributed by atoms with Crippen LogP contribution in [0.4, 0.5) is 5.82 Å². The van der Waals surface area contributed by atoms with E-state index in [1.807, 2.05) is 40.8 Å². The first-order chi connectivity index (χ1) is 12.8. The second-order valence-electron chi connectivity index (χ2n) is 7.88. The normalized spacial score (nSPS) is 15.6. The van der Waals surface area contributed by atoms with Gasteiger partial charge in [-0.15, -0.1) is 24.0 Å². The fourth-order valence-corrected chi connectivity index (χ4v) is 2.93. The number of rotatable bonds is 5. The number of pyridine rings is 1. The van der Waals surface area contributed by atoms with Crippen LogP contribution in [-0.2, 0) is 9.53 Å². The third kappa shape index (κ3) is 8.62. The number of piperidine rings is 1. The number of hydrogen-bond acceptors (Lipinski definition) is 5. The summed E-state index contributed by atoms with van der Waals surface area (Å²) in [5.41, 5.74) is 0.682. The van der Waals surface area contributed by atoms with E-state index >= 15 is 0 Å². The van der Waals surface area contributed by atoms with Gasteiger partial charge in [-0.3, -0.25) is 4.79 Å². The van der Waals surface area contributed by atoms with E-state index in [0.717, 1.165) is 38.3 Å². The number of guanidine groups is 1. The van der Waals surface area contributed by atoms with Crippen molar-refractivity contribution in [2.24, 2.45) is 4.99 Å². The van der Waals surface area contributed by atoms with Crippen molar-refractivity contribution in [2.75, 3.05) is 31.1 Å². The zero-order valence-corrected chi connectivity index (χ0v) is 19.9. The van der Waals surface area contributed by atoms with Crippen molar-refractivity contribution in [1.29, 1.82) is 0 Å². The molecule has 158 valence electrons. The van der Waals surface area contributed by atoms with Crippen molar-refractivity contribution in [1.82, 2.24) is 15.6 Å². The number of aryl methyl sites for hydroxylation is 1. The molecular weight excluding hydrogens is 469 g/mol. The van der Waals surface area contributed by atoms with E-state index in [4.69, 9.17) is 4.74 Å². The van der Waals surface area contributed by atoms with Gasteiger partial charge in [0.1, 0.15) is 18.0 Å². The first-order valence-electron chi connectivity index (χ1n) is 9.71. The quantitative estimate of drug-likeness (QED) is 0.279. The van der Waals surface area contributed by atoms with Gasteiger partial charge in [0.25, 0.3) is 0 Å². The molecule has 1 aliphatic heterocycles. The molecule has 1 aliphatic rings. The number of aliphatic imine (C=N–C) groups is 1. The van der Waals surface area contributed by atoms with E-state index in [0.29, 0.717) is 12.0 Å². The molecule has 2 rings (SSSR count). The number of nitrogens with zero attached hydrogens (tertiary/aromatic N) is 3. The number of esters is 1. The Bertz CT molecular complexity index is 635. The second-order valence-corrected chi connectivity index (χ2v) is 7.88. The van der Waals surface area contributed by atoms with Crippen molar-refractivity contribution < 1.29 is 9.53 Å². The summed E-state index contributed by atoms with van der Waals surface area (Å²) in [6.07, 6.45) is 3.89. The Morgan fingerprint density at radius 1 is 1.32 bits per heavy atom. The number of carbonyl (C=O) groups excluding carboxylic acids is 1. The Balaban J connectivity index is 0.00000392. The predicted octanol–water partition coefficient (Wildman–Crippen LogP) is 2.87. The van der Waals surface area contributed by atoms with Crippen LogP contribution in [0.2, 0.25) is 0 Å². The molecule has 28 heavy (non-hydrogen) atoms. The van der Waals surface area contributed by atoms with Crippen LogP contribution in [0.25, 0.3) is 0 Å². The molecule has 0 unspecified atom stereocenters. The molecule has 1 saturated heterocycles. The van der Waals surface area contributed by atoms with Crippen LogP contribution in [0.3, 0.4) is 0 Å². The first kappa shape index (κ1) is 24.5. The van der Waals surface area contributed by atoms with Gasteiger partial charge in [-0.05, 0) is 59.1 Å². The summed E-state index contributed by atoms with van der Waals surface area (Å²) in [6, 6.07) is 4.50. The molecule has 8 heteroatoms. The van der Waals surface area contributed by atoms with Gasteiger partial charge in [0.2, 0.25) is 0 Å². The van der Waals surface area contributed by atoms with Crippen LogP contribution in [0.15, 0.2) is 23.3 Å². The van der Waals surface area contributed by atoms with Crippen LogP contribution in [0.5, 0.6) is 0 Å². The van der Waals surface area contributed by atoms with Crippen LogP contribution in [0.1, 0.15) is 46.1 Å². The van der Waals surface area contributed by atoms with Crippen LogP contribution in [0, 0.1) is 6.92 Å². The lowest BCUT2D eigenvalue weighted by atomic mass is 10.1. The summed E-state index contributed by atoms with van der Waals surface area (Å²) in [5, 5.41) is 6.64. The Hall–Kier alpha value is -1.58. The lowest BCUT2D eigenvalue weighted by Gasteiger charge is -2.33. The van der Waals surface area contributed by atoms with Crippen molar-refractivity contribution in [3.63, 3.8) is 0 Å². The molecule has 0 atom stereocenters. The summed E-state index contributed by atoms with van der Waals surface area (Å²) >= 11 is 0. The summed E-state index contributed by atoms with van der Waals surface area (Å²) in [6.45, 7) is 12.3. The van der Waals surface area contributed by atoms with E-state index in [-0.39, 0.29) is 36.5 Å². The molecule has 2 heterocycles. The fourth-order valence-electron chi connectivity index (χ4n) is 2.93. The number of ether oxygens (including phenoxy) is 1. The Labute approximate surface area is 185 Å². The van der Waals surface area contributed by atoms with Crippen LogP contribution in [-0.4, -0.2) is 54.7 Å². The highest BCUT2D eigenvalue weighted by Gasteiger charge is 2.21. The predicted molar refractivity (Wildman–Crippen MR) is 125 cm³/mol. The molecule has 2 N–H and O–H groups in total. The average molecular weight is 503 g/mol. The zero-order chi connectivity index (χ0) is 19.9. The number of anilines is 1. The molecule has 0 aromatic carbocycles. The highest BCUT2D eigenvalue weighted by atomic mass is 127. The lowest BCUT2D eigenvalue weighted by Crippen LogP contribution is -2.49. The van der Waals surface area contributed by atoms with Gasteiger partial charge >= 0.3 is 5.97 Å². The molecule has 0 saturated carbocycles. The van der Waals surface area contributed by atoms with Gasteiger partial charge in [-0.1, -0.05) is 6.07 Å². The van der Waals surface area contributed by atoms with Gasteiger partial charge in [0, 0.05) is 31.9 Å². The number of aromatic nitrogens is 1. The molecule has 0 bridgehead atoms. The van der Waals surface area contributed by atoms with Crippen molar-refractivity contribution >= 4 is 41.7 Å². The molecule has 0 spiro atoms. The smallest absolute Gasteiger partial charge is 0.328 e. The molecule has 1 aromatic rings. The molecule has 0 amide bonds. The molecule has 0 aliphatic carbocycles. The van der Waals surface area contributed by atoms with E-state index in [9.17, 15) is 4.79 Å². The summed E-state index contributed by atoms with van der Waals surface area (Å²) in [5.74, 6) is 1.37. The number of nitrogens with one attached hydrogen (secondary N) is 2. The van der Waals surface area contributed by atoms with Gasteiger partial charge in [0.15, 0.2) is 5.96 Å². The number of hydrogen-bond donors (Lipinski definition) is 2. The number of carbonyl (C=O) groups is 1. The largest absolute Gasteiger partial charge is 0.459 e. The monoisotopic (exact) mass is 503 g/mol. The zero-order valence-electron chi connectivity index (χ0n) is 17.6. The Morgan fingerprint density at radius 2 is 2.00 bits per heavy atom. The molecule has 1 aromatic heterocycles. The van der Waals surface area contributed by atoms with Crippen LogP contribution >= 0.6 is 24.0 Å². The molecule has 0 radical (unpaired) electrons. The van der Waals surface area contributed by atoms with Crippen molar-refractivity contribution in [2.45, 2.75) is 59.1 Å². The van der Waals surface area contributed by atoms with Gasteiger partial charge in [0.05, 0.1) is 0 Å². The Kier molecular flexibility index (Phi) is 9.98. The topological polar surface area (TPSA) is 78.8 Å². The lowest BCUT2D eigenvalue weighted by molar-refractivity contribution is -0.152. The minimum absolute atomic E-state index is 0. The Morgan fingerprint density at radius 3 is 2.54 bits per heavy atom. The minimum Gasteiger partial charge on any atom is -0.459 e. The SMILES string of the molecule is CCNC(=NCC(=O)OC(C)(C)C)NC1CCN(c2ccc(C)cn2)CC1.I. The van der Waals surface area contributed by atoms with E-state index in [2.05, 4.69) is 37.6 Å². The van der Waals surface area contributed by atoms with Gasteiger partial charge < -0.3 is 20.3 Å². The summed E-state index contributed by atoms with van der Waals surface area (Å²) in [4.78, 5) is 23.1. The maximum absolute atomic E-state index is 11.9.